The van der Waals surface area contributed by atoms with Gasteiger partial charge in [-0.2, -0.15) is 0 Å². The topological polar surface area (TPSA) is 3.24 Å². The summed E-state index contributed by atoms with van der Waals surface area (Å²) in [5, 5.41) is 10.2. The average Bonchev–Trinajstić information content (AvgIpc) is 3.39. The molecule has 12 aromatic rings. The quantitative estimate of drug-likeness (QED) is 0.138. The van der Waals surface area contributed by atoms with E-state index in [1.54, 1.807) is 0 Å². The number of anilines is 3. The molecule has 12 aromatic carbocycles. The second-order valence-electron chi connectivity index (χ2n) is 16.9. The Labute approximate surface area is 379 Å². The molecule has 65 heavy (non-hydrogen) atoms. The first kappa shape index (κ1) is 38.2. The second kappa shape index (κ2) is 16.3. The maximum Gasteiger partial charge on any atom is 0.0540 e. The highest BCUT2D eigenvalue weighted by Crippen LogP contribution is 2.42. The van der Waals surface area contributed by atoms with Crippen molar-refractivity contribution >= 4 is 60.2 Å². The van der Waals surface area contributed by atoms with Crippen LogP contribution in [0.1, 0.15) is 0 Å². The van der Waals surface area contributed by atoms with E-state index in [4.69, 9.17) is 0 Å². The molecule has 0 spiro atoms. The van der Waals surface area contributed by atoms with Crippen LogP contribution in [0.15, 0.2) is 261 Å². The third-order valence-corrected chi connectivity index (χ3v) is 13.0. The largest absolute Gasteiger partial charge is 0.310 e. The smallest absolute Gasteiger partial charge is 0.0540 e. The molecule has 0 fully saturated rings. The molecule has 0 aliphatic rings. The van der Waals surface area contributed by atoms with Gasteiger partial charge < -0.3 is 4.90 Å². The van der Waals surface area contributed by atoms with Crippen LogP contribution >= 0.6 is 0 Å². The Morgan fingerprint density at radius 2 is 0.569 bits per heavy atom. The first-order valence-electron chi connectivity index (χ1n) is 22.4. The Kier molecular flexibility index (Phi) is 9.58. The van der Waals surface area contributed by atoms with Crippen molar-refractivity contribution < 1.29 is 0 Å². The van der Waals surface area contributed by atoms with Gasteiger partial charge >= 0.3 is 0 Å². The van der Waals surface area contributed by atoms with E-state index in [1.807, 2.05) is 0 Å². The lowest BCUT2D eigenvalue weighted by atomic mass is 9.95. The van der Waals surface area contributed by atoms with Crippen LogP contribution in [0.25, 0.3) is 98.7 Å². The van der Waals surface area contributed by atoms with Crippen molar-refractivity contribution in [2.45, 2.75) is 0 Å². The maximum atomic E-state index is 2.39. The summed E-state index contributed by atoms with van der Waals surface area (Å²) in [6.45, 7) is 0. The van der Waals surface area contributed by atoms with Gasteiger partial charge in [-0.05, 0) is 148 Å². The summed E-state index contributed by atoms with van der Waals surface area (Å²) in [4.78, 5) is 2.39. The van der Waals surface area contributed by atoms with Crippen molar-refractivity contribution in [3.8, 4) is 55.6 Å². The molecule has 0 saturated heterocycles. The van der Waals surface area contributed by atoms with E-state index in [1.165, 1.54) is 98.7 Å². The van der Waals surface area contributed by atoms with Gasteiger partial charge in [-0.1, -0.05) is 206 Å². The van der Waals surface area contributed by atoms with Crippen LogP contribution in [0.5, 0.6) is 0 Å². The minimum Gasteiger partial charge on any atom is -0.310 e. The predicted molar refractivity (Wildman–Crippen MR) is 278 cm³/mol. The molecule has 0 heterocycles. The fraction of sp³-hybridized carbons (Fsp3) is 0. The van der Waals surface area contributed by atoms with Gasteiger partial charge in [0.2, 0.25) is 0 Å². The van der Waals surface area contributed by atoms with Crippen LogP contribution in [-0.2, 0) is 0 Å². The van der Waals surface area contributed by atoms with Gasteiger partial charge in [-0.3, -0.25) is 0 Å². The molecule has 0 bridgehead atoms. The van der Waals surface area contributed by atoms with Crippen molar-refractivity contribution in [3.63, 3.8) is 0 Å². The zero-order chi connectivity index (χ0) is 43.1. The first-order valence-corrected chi connectivity index (χ1v) is 22.4. The molecular formula is C64H43N. The lowest BCUT2D eigenvalue weighted by Gasteiger charge is -2.28. The lowest BCUT2D eigenvalue weighted by Crippen LogP contribution is -2.11. The molecule has 0 N–H and O–H groups in total. The van der Waals surface area contributed by atoms with E-state index in [0.717, 1.165) is 17.1 Å². The van der Waals surface area contributed by atoms with Gasteiger partial charge in [0, 0.05) is 16.9 Å². The number of para-hydroxylation sites is 1. The highest BCUT2D eigenvalue weighted by atomic mass is 15.1. The van der Waals surface area contributed by atoms with Gasteiger partial charge in [-0.15, -0.1) is 0 Å². The molecule has 0 aromatic heterocycles. The number of fused-ring (bicyclic) bond motifs is 6. The fourth-order valence-electron chi connectivity index (χ4n) is 9.71. The molecule has 0 atom stereocenters. The molecule has 0 amide bonds. The number of nitrogens with zero attached hydrogens (tertiary/aromatic N) is 1. The predicted octanol–water partition coefficient (Wildman–Crippen LogP) is 18.1. The molecule has 12 rings (SSSR count). The van der Waals surface area contributed by atoms with Crippen molar-refractivity contribution in [2.75, 3.05) is 4.90 Å². The van der Waals surface area contributed by atoms with Crippen molar-refractivity contribution in [2.24, 2.45) is 0 Å². The number of rotatable bonds is 8. The van der Waals surface area contributed by atoms with Crippen molar-refractivity contribution in [1.82, 2.24) is 0 Å². The summed E-state index contributed by atoms with van der Waals surface area (Å²) >= 11 is 0. The van der Waals surface area contributed by atoms with E-state index >= 15 is 0 Å². The Hall–Kier alpha value is -8.52. The van der Waals surface area contributed by atoms with Crippen molar-refractivity contribution in [3.05, 3.63) is 261 Å². The number of hydrogen-bond acceptors (Lipinski definition) is 1. The minimum absolute atomic E-state index is 1.09. The van der Waals surface area contributed by atoms with Crippen LogP contribution in [0.2, 0.25) is 0 Å². The fourth-order valence-corrected chi connectivity index (χ4v) is 9.71. The molecule has 0 aliphatic heterocycles. The van der Waals surface area contributed by atoms with Gasteiger partial charge in [-0.25, -0.2) is 0 Å². The number of benzene rings is 12. The van der Waals surface area contributed by atoms with E-state index in [-0.39, 0.29) is 0 Å². The Balaban J connectivity index is 0.881. The second-order valence-corrected chi connectivity index (χ2v) is 16.9. The minimum atomic E-state index is 1.09. The summed E-state index contributed by atoms with van der Waals surface area (Å²) < 4.78 is 0. The molecule has 1 nitrogen and oxygen atoms in total. The third-order valence-electron chi connectivity index (χ3n) is 13.0. The summed E-state index contributed by atoms with van der Waals surface area (Å²) in [7, 11) is 0. The summed E-state index contributed by atoms with van der Waals surface area (Å²) in [6, 6.07) is 95.2. The summed E-state index contributed by atoms with van der Waals surface area (Å²) in [5.41, 5.74) is 15.2. The number of hydrogen-bond donors (Lipinski definition) is 0. The lowest BCUT2D eigenvalue weighted by molar-refractivity contribution is 1.28. The van der Waals surface area contributed by atoms with Crippen LogP contribution in [0.3, 0.4) is 0 Å². The average molecular weight is 826 g/mol. The standard InChI is InChI=1S/C64H43N/c1-2-12-46(13-3-1)63-22-8-9-23-64(63)65(57-34-28-44(29-35-57)49-16-10-18-51(40-49)53-32-38-61-55(42-53)26-24-47-14-4-6-20-59(47)61)58-36-30-45(31-37-58)50-17-11-19-52(41-50)54-33-39-62-56(43-54)27-25-48-15-5-7-21-60(48)62/h1-43H. The first-order chi connectivity index (χ1) is 32.2. The SMILES string of the molecule is c1ccc(-c2ccccc2N(c2ccc(-c3cccc(-c4ccc5c(ccc6ccccc65)c4)c3)cc2)c2ccc(-c3cccc(-c4ccc5c(ccc6ccccc65)c4)c3)cc2)cc1. The van der Waals surface area contributed by atoms with E-state index in [0.29, 0.717) is 0 Å². The highest BCUT2D eigenvalue weighted by Gasteiger charge is 2.18. The molecule has 0 saturated carbocycles. The molecular weight excluding hydrogens is 783 g/mol. The summed E-state index contributed by atoms with van der Waals surface area (Å²) in [5.74, 6) is 0. The third kappa shape index (κ3) is 7.20. The van der Waals surface area contributed by atoms with Crippen molar-refractivity contribution in [1.29, 1.82) is 0 Å². The van der Waals surface area contributed by atoms with Gasteiger partial charge in [0.1, 0.15) is 0 Å². The Morgan fingerprint density at radius 1 is 0.200 bits per heavy atom. The monoisotopic (exact) mass is 825 g/mol. The van der Waals surface area contributed by atoms with E-state index in [2.05, 4.69) is 266 Å². The van der Waals surface area contributed by atoms with Gasteiger partial charge in [0.15, 0.2) is 0 Å². The van der Waals surface area contributed by atoms with Crippen LogP contribution in [0, 0.1) is 0 Å². The van der Waals surface area contributed by atoms with Crippen LogP contribution in [0.4, 0.5) is 17.1 Å². The maximum absolute atomic E-state index is 2.39. The van der Waals surface area contributed by atoms with Crippen LogP contribution < -0.4 is 4.90 Å². The Morgan fingerprint density at radius 3 is 1.09 bits per heavy atom. The molecule has 304 valence electrons. The molecule has 0 radical (unpaired) electrons. The zero-order valence-electron chi connectivity index (χ0n) is 35.8. The highest BCUT2D eigenvalue weighted by molar-refractivity contribution is 6.09. The Bertz CT molecular complexity index is 3490. The van der Waals surface area contributed by atoms with Gasteiger partial charge in [0.25, 0.3) is 0 Å². The van der Waals surface area contributed by atoms with E-state index < -0.39 is 0 Å². The molecule has 0 aliphatic carbocycles. The zero-order valence-corrected chi connectivity index (χ0v) is 35.8. The molecule has 1 heteroatoms. The van der Waals surface area contributed by atoms with Gasteiger partial charge in [0.05, 0.1) is 5.69 Å². The summed E-state index contributed by atoms with van der Waals surface area (Å²) in [6.07, 6.45) is 0. The molecule has 0 unspecified atom stereocenters. The normalized spacial score (nSPS) is 11.4. The van der Waals surface area contributed by atoms with E-state index in [9.17, 15) is 0 Å². The van der Waals surface area contributed by atoms with Crippen LogP contribution in [-0.4, -0.2) is 0 Å².